The van der Waals surface area contributed by atoms with Crippen LogP contribution in [0.3, 0.4) is 0 Å². The van der Waals surface area contributed by atoms with Crippen LogP contribution in [-0.4, -0.2) is 20.9 Å². The molecule has 1 N–H and O–H groups in total. The summed E-state index contributed by atoms with van der Waals surface area (Å²) < 4.78 is 53.2. The third-order valence-electron chi connectivity index (χ3n) is 3.44. The van der Waals surface area contributed by atoms with Crippen molar-refractivity contribution in [3.05, 3.63) is 72.3 Å². The summed E-state index contributed by atoms with van der Waals surface area (Å²) in [6.07, 6.45) is 1.60. The molecule has 3 rings (SSSR count). The maximum absolute atomic E-state index is 13.3. The van der Waals surface area contributed by atoms with E-state index in [-0.39, 0.29) is 22.5 Å². The van der Waals surface area contributed by atoms with Gasteiger partial charge in [0.15, 0.2) is 0 Å². The van der Waals surface area contributed by atoms with Crippen molar-refractivity contribution in [1.29, 1.82) is 0 Å². The molecule has 1 aromatic carbocycles. The van der Waals surface area contributed by atoms with Crippen molar-refractivity contribution in [2.75, 3.05) is 5.32 Å². The molecule has 9 heteroatoms. The summed E-state index contributed by atoms with van der Waals surface area (Å²) in [7, 11) is 0. The van der Waals surface area contributed by atoms with Gasteiger partial charge >= 0.3 is 6.18 Å². The number of pyridine rings is 1. The Labute approximate surface area is 144 Å². The predicted octanol–water partition coefficient (Wildman–Crippen LogP) is 3.95. The molecule has 0 aliphatic rings. The van der Waals surface area contributed by atoms with Crippen molar-refractivity contribution >= 4 is 11.6 Å². The zero-order chi connectivity index (χ0) is 18.7. The molecule has 0 saturated heterocycles. The minimum absolute atomic E-state index is 0.0162. The lowest BCUT2D eigenvalue weighted by atomic mass is 9.98. The van der Waals surface area contributed by atoms with Crippen molar-refractivity contribution in [2.45, 2.75) is 6.18 Å². The molecule has 2 aromatic heterocycles. The van der Waals surface area contributed by atoms with E-state index in [1.807, 2.05) is 0 Å². The SMILES string of the molecule is O=C(Nc1cnccc1-c1ccc(F)cc1C(F)(F)F)c1cnccn1. The van der Waals surface area contributed by atoms with Gasteiger partial charge in [0.2, 0.25) is 0 Å². The Hall–Kier alpha value is -3.36. The van der Waals surface area contributed by atoms with E-state index in [4.69, 9.17) is 0 Å². The number of carbonyl (C=O) groups is 1. The first kappa shape index (κ1) is 17.5. The van der Waals surface area contributed by atoms with Gasteiger partial charge in [-0.1, -0.05) is 6.07 Å². The fraction of sp³-hybridized carbons (Fsp3) is 0.0588. The molecule has 0 spiro atoms. The van der Waals surface area contributed by atoms with Crippen molar-refractivity contribution in [3.63, 3.8) is 0 Å². The van der Waals surface area contributed by atoms with E-state index in [1.54, 1.807) is 0 Å². The van der Waals surface area contributed by atoms with Crippen LogP contribution in [0.5, 0.6) is 0 Å². The van der Waals surface area contributed by atoms with Gasteiger partial charge in [-0.3, -0.25) is 14.8 Å². The van der Waals surface area contributed by atoms with E-state index in [2.05, 4.69) is 20.3 Å². The predicted molar refractivity (Wildman–Crippen MR) is 84.6 cm³/mol. The zero-order valence-corrected chi connectivity index (χ0v) is 13.0. The summed E-state index contributed by atoms with van der Waals surface area (Å²) in [6, 6.07) is 3.63. The number of amides is 1. The number of nitrogens with zero attached hydrogens (tertiary/aromatic N) is 3. The Morgan fingerprint density at radius 3 is 2.42 bits per heavy atom. The quantitative estimate of drug-likeness (QED) is 0.717. The molecule has 0 aliphatic heterocycles. The monoisotopic (exact) mass is 362 g/mol. The molecule has 3 aromatic rings. The van der Waals surface area contributed by atoms with E-state index in [0.717, 1.165) is 12.1 Å². The molecular weight excluding hydrogens is 352 g/mol. The fourth-order valence-electron chi connectivity index (χ4n) is 2.32. The first-order chi connectivity index (χ1) is 12.4. The lowest BCUT2D eigenvalue weighted by molar-refractivity contribution is -0.137. The van der Waals surface area contributed by atoms with Crippen molar-refractivity contribution in [3.8, 4) is 11.1 Å². The van der Waals surface area contributed by atoms with Crippen LogP contribution in [0.4, 0.5) is 23.2 Å². The van der Waals surface area contributed by atoms with Gasteiger partial charge in [0.1, 0.15) is 11.5 Å². The van der Waals surface area contributed by atoms with Crippen LogP contribution in [0.15, 0.2) is 55.2 Å². The fourth-order valence-corrected chi connectivity index (χ4v) is 2.32. The summed E-state index contributed by atoms with van der Waals surface area (Å²) >= 11 is 0. The van der Waals surface area contributed by atoms with Crippen LogP contribution in [0.25, 0.3) is 11.1 Å². The maximum atomic E-state index is 13.3. The number of halogens is 4. The number of benzene rings is 1. The van der Waals surface area contributed by atoms with Gasteiger partial charge in [-0.25, -0.2) is 9.37 Å². The number of aromatic nitrogens is 3. The van der Waals surface area contributed by atoms with Crippen molar-refractivity contribution in [2.24, 2.45) is 0 Å². The highest BCUT2D eigenvalue weighted by Crippen LogP contribution is 2.39. The molecule has 2 heterocycles. The highest BCUT2D eigenvalue weighted by Gasteiger charge is 2.34. The van der Waals surface area contributed by atoms with Gasteiger partial charge < -0.3 is 5.32 Å². The minimum Gasteiger partial charge on any atom is -0.319 e. The first-order valence-corrected chi connectivity index (χ1v) is 7.25. The third kappa shape index (κ3) is 3.66. The Morgan fingerprint density at radius 1 is 0.962 bits per heavy atom. The van der Waals surface area contributed by atoms with Gasteiger partial charge in [0, 0.05) is 24.2 Å². The maximum Gasteiger partial charge on any atom is 0.417 e. The van der Waals surface area contributed by atoms with Crippen LogP contribution in [0, 0.1) is 5.82 Å². The summed E-state index contributed by atoms with van der Waals surface area (Å²) in [5.41, 5.74) is -1.38. The summed E-state index contributed by atoms with van der Waals surface area (Å²) in [5, 5.41) is 2.45. The molecule has 1 amide bonds. The number of hydrogen-bond donors (Lipinski definition) is 1. The van der Waals surface area contributed by atoms with Gasteiger partial charge in [0.05, 0.1) is 23.6 Å². The lowest BCUT2D eigenvalue weighted by Crippen LogP contribution is -2.15. The smallest absolute Gasteiger partial charge is 0.319 e. The molecule has 0 bridgehead atoms. The standard InChI is InChI=1S/C17H10F4N4O/c18-10-1-2-11(13(7-10)17(19,20)21)12-3-4-22-8-14(12)25-16(26)15-9-23-5-6-24-15/h1-9H,(H,25,26). The van der Waals surface area contributed by atoms with Gasteiger partial charge in [-0.15, -0.1) is 0 Å². The average molecular weight is 362 g/mol. The summed E-state index contributed by atoms with van der Waals surface area (Å²) in [5.74, 6) is -1.68. The highest BCUT2D eigenvalue weighted by atomic mass is 19.4. The van der Waals surface area contributed by atoms with Crippen LogP contribution in [0.2, 0.25) is 0 Å². The second kappa shape index (κ2) is 6.87. The summed E-state index contributed by atoms with van der Waals surface area (Å²) in [6.45, 7) is 0. The van der Waals surface area contributed by atoms with Crippen molar-refractivity contribution < 1.29 is 22.4 Å². The normalized spacial score (nSPS) is 11.2. The second-order valence-corrected chi connectivity index (χ2v) is 5.15. The van der Waals surface area contributed by atoms with E-state index >= 15 is 0 Å². The van der Waals surface area contributed by atoms with E-state index in [9.17, 15) is 22.4 Å². The molecule has 132 valence electrons. The number of anilines is 1. The van der Waals surface area contributed by atoms with E-state index < -0.39 is 23.5 Å². The van der Waals surface area contributed by atoms with Gasteiger partial charge in [0.25, 0.3) is 5.91 Å². The van der Waals surface area contributed by atoms with Crippen LogP contribution in [-0.2, 0) is 6.18 Å². The van der Waals surface area contributed by atoms with Crippen LogP contribution < -0.4 is 5.32 Å². The summed E-state index contributed by atoms with van der Waals surface area (Å²) in [4.78, 5) is 23.6. The topological polar surface area (TPSA) is 67.8 Å². The first-order valence-electron chi connectivity index (χ1n) is 7.25. The van der Waals surface area contributed by atoms with Crippen molar-refractivity contribution in [1.82, 2.24) is 15.0 Å². The molecule has 0 fully saturated rings. The number of rotatable bonds is 3. The third-order valence-corrected chi connectivity index (χ3v) is 3.44. The van der Waals surface area contributed by atoms with Crippen LogP contribution in [0.1, 0.15) is 16.1 Å². The number of alkyl halides is 3. The second-order valence-electron chi connectivity index (χ2n) is 5.15. The molecule has 0 saturated carbocycles. The van der Waals surface area contributed by atoms with Crippen LogP contribution >= 0.6 is 0 Å². The Bertz CT molecular complexity index is 945. The minimum atomic E-state index is -4.77. The highest BCUT2D eigenvalue weighted by molar-refractivity contribution is 6.04. The van der Waals surface area contributed by atoms with Gasteiger partial charge in [-0.05, 0) is 23.8 Å². The van der Waals surface area contributed by atoms with E-state index in [1.165, 1.54) is 37.1 Å². The van der Waals surface area contributed by atoms with Gasteiger partial charge in [-0.2, -0.15) is 13.2 Å². The number of carbonyl (C=O) groups excluding carboxylic acids is 1. The molecular formula is C17H10F4N4O. The number of nitrogens with one attached hydrogen (secondary N) is 1. The largest absolute Gasteiger partial charge is 0.417 e. The Kier molecular flexibility index (Phi) is 4.61. The Balaban J connectivity index is 2.05. The number of hydrogen-bond acceptors (Lipinski definition) is 4. The Morgan fingerprint density at radius 2 is 1.73 bits per heavy atom. The van der Waals surface area contributed by atoms with E-state index in [0.29, 0.717) is 6.07 Å². The molecule has 0 aliphatic carbocycles. The molecule has 5 nitrogen and oxygen atoms in total. The lowest BCUT2D eigenvalue weighted by Gasteiger charge is -2.16. The molecule has 0 atom stereocenters. The molecule has 0 unspecified atom stereocenters. The molecule has 0 radical (unpaired) electrons. The average Bonchev–Trinajstić information content (AvgIpc) is 2.62. The molecule has 26 heavy (non-hydrogen) atoms. The zero-order valence-electron chi connectivity index (χ0n) is 13.0.